The Bertz CT molecular complexity index is 860. The number of amides is 1. The number of nitrogens with one attached hydrogen (secondary N) is 1. The third-order valence-corrected chi connectivity index (χ3v) is 5.34. The normalized spacial score (nSPS) is 11.1. The van der Waals surface area contributed by atoms with Crippen molar-refractivity contribution < 1.29 is 18.0 Å². The van der Waals surface area contributed by atoms with E-state index in [9.17, 15) is 18.0 Å². The molecule has 2 aromatic carbocycles. The zero-order valence-electron chi connectivity index (χ0n) is 13.0. The van der Waals surface area contributed by atoms with Gasteiger partial charge in [-0.3, -0.25) is 9.59 Å². The van der Waals surface area contributed by atoms with Crippen LogP contribution in [0.5, 0.6) is 0 Å². The van der Waals surface area contributed by atoms with Gasteiger partial charge in [-0.15, -0.1) is 0 Å². The molecule has 0 heterocycles. The number of hydrogen-bond acceptors (Lipinski definition) is 4. The van der Waals surface area contributed by atoms with E-state index >= 15 is 0 Å². The molecule has 1 N–H and O–H groups in total. The largest absolute Gasteiger partial charge is 0.325 e. The number of halogens is 1. The molecule has 5 nitrogen and oxygen atoms in total. The standard InChI is InChI=1S/C17H16ClNO4S/c1-12(20)15-4-2-3-5-16(15)19-17(21)10-11-24(22,23)14-8-6-13(18)7-9-14/h2-9H,10-11H2,1H3,(H,19,21). The van der Waals surface area contributed by atoms with Crippen LogP contribution >= 0.6 is 11.6 Å². The van der Waals surface area contributed by atoms with E-state index in [4.69, 9.17) is 11.6 Å². The van der Waals surface area contributed by atoms with Crippen LogP contribution in [-0.2, 0) is 14.6 Å². The molecule has 24 heavy (non-hydrogen) atoms. The monoisotopic (exact) mass is 365 g/mol. The van der Waals surface area contributed by atoms with E-state index < -0.39 is 15.7 Å². The predicted molar refractivity (Wildman–Crippen MR) is 93.2 cm³/mol. The molecule has 0 radical (unpaired) electrons. The molecule has 0 spiro atoms. The molecule has 0 unspecified atom stereocenters. The Hall–Kier alpha value is -2.18. The first-order chi connectivity index (χ1) is 11.3. The Kier molecular flexibility index (Phi) is 5.75. The van der Waals surface area contributed by atoms with Gasteiger partial charge in [-0.25, -0.2) is 8.42 Å². The molecule has 1 amide bonds. The fourth-order valence-electron chi connectivity index (χ4n) is 2.10. The number of carbonyl (C=O) groups is 2. The van der Waals surface area contributed by atoms with Crippen LogP contribution in [-0.4, -0.2) is 25.9 Å². The summed E-state index contributed by atoms with van der Waals surface area (Å²) < 4.78 is 24.4. The molecule has 0 fully saturated rings. The minimum Gasteiger partial charge on any atom is -0.325 e. The van der Waals surface area contributed by atoms with Crippen LogP contribution < -0.4 is 5.32 Å². The van der Waals surface area contributed by atoms with Crippen LogP contribution in [0.4, 0.5) is 5.69 Å². The van der Waals surface area contributed by atoms with Gasteiger partial charge in [-0.2, -0.15) is 0 Å². The first-order valence-corrected chi connectivity index (χ1v) is 9.21. The Morgan fingerprint density at radius 3 is 2.29 bits per heavy atom. The number of benzene rings is 2. The molecule has 0 aliphatic rings. The van der Waals surface area contributed by atoms with Crippen molar-refractivity contribution in [3.63, 3.8) is 0 Å². The first kappa shape index (κ1) is 18.2. The van der Waals surface area contributed by atoms with Gasteiger partial charge in [0.15, 0.2) is 15.6 Å². The summed E-state index contributed by atoms with van der Waals surface area (Å²) in [5.74, 6) is -0.983. The average molecular weight is 366 g/mol. The summed E-state index contributed by atoms with van der Waals surface area (Å²) in [7, 11) is -3.58. The zero-order valence-corrected chi connectivity index (χ0v) is 14.5. The Morgan fingerprint density at radius 2 is 1.67 bits per heavy atom. The molecule has 0 bridgehead atoms. The lowest BCUT2D eigenvalue weighted by Crippen LogP contribution is -2.18. The van der Waals surface area contributed by atoms with E-state index in [1.165, 1.54) is 31.2 Å². The summed E-state index contributed by atoms with van der Waals surface area (Å²) in [6.45, 7) is 1.40. The number of Topliss-reactive ketones (excluding diaryl/α,β-unsaturated/α-hetero) is 1. The smallest absolute Gasteiger partial charge is 0.225 e. The number of hydrogen-bond donors (Lipinski definition) is 1. The highest BCUT2D eigenvalue weighted by Crippen LogP contribution is 2.18. The molecule has 2 aromatic rings. The van der Waals surface area contributed by atoms with Crippen molar-refractivity contribution in [2.45, 2.75) is 18.2 Å². The number of sulfone groups is 1. The molecule has 0 aliphatic carbocycles. The summed E-state index contributed by atoms with van der Waals surface area (Å²) in [6, 6.07) is 12.4. The molecule has 7 heteroatoms. The number of rotatable bonds is 6. The van der Waals surface area contributed by atoms with Crippen LogP contribution in [0, 0.1) is 0 Å². The molecule has 0 atom stereocenters. The van der Waals surface area contributed by atoms with E-state index in [-0.39, 0.29) is 22.9 Å². The van der Waals surface area contributed by atoms with E-state index in [1.807, 2.05) is 0 Å². The second-order valence-corrected chi connectivity index (χ2v) is 7.72. The van der Waals surface area contributed by atoms with Crippen LogP contribution in [0.1, 0.15) is 23.7 Å². The highest BCUT2D eigenvalue weighted by atomic mass is 35.5. The predicted octanol–water partition coefficient (Wildman–Crippen LogP) is 3.35. The van der Waals surface area contributed by atoms with Gasteiger partial charge in [0.1, 0.15) is 0 Å². The van der Waals surface area contributed by atoms with E-state index in [2.05, 4.69) is 5.32 Å². The van der Waals surface area contributed by atoms with Crippen molar-refractivity contribution in [1.29, 1.82) is 0 Å². The number of carbonyl (C=O) groups excluding carboxylic acids is 2. The number of anilines is 1. The summed E-state index contributed by atoms with van der Waals surface area (Å²) in [6.07, 6.45) is -0.211. The minimum absolute atomic E-state index is 0.115. The second kappa shape index (κ2) is 7.59. The lowest BCUT2D eigenvalue weighted by molar-refractivity contribution is -0.115. The van der Waals surface area contributed by atoms with Gasteiger partial charge in [0.25, 0.3) is 0 Å². The van der Waals surface area contributed by atoms with Gasteiger partial charge in [0.05, 0.1) is 16.3 Å². The SMILES string of the molecule is CC(=O)c1ccccc1NC(=O)CCS(=O)(=O)c1ccc(Cl)cc1. The maximum absolute atomic E-state index is 12.2. The summed E-state index contributed by atoms with van der Waals surface area (Å²) in [5, 5.41) is 3.02. The van der Waals surface area contributed by atoms with Gasteiger partial charge >= 0.3 is 0 Å². The zero-order chi connectivity index (χ0) is 17.7. The molecular formula is C17H16ClNO4S. The van der Waals surface area contributed by atoms with Crippen molar-refractivity contribution in [3.8, 4) is 0 Å². The van der Waals surface area contributed by atoms with E-state index in [1.54, 1.807) is 24.3 Å². The summed E-state index contributed by atoms with van der Waals surface area (Å²) in [5.41, 5.74) is 0.755. The van der Waals surface area contributed by atoms with E-state index in [0.29, 0.717) is 16.3 Å². The van der Waals surface area contributed by atoms with Crippen molar-refractivity contribution in [2.75, 3.05) is 11.1 Å². The molecule has 0 aromatic heterocycles. The van der Waals surface area contributed by atoms with Crippen molar-refractivity contribution >= 4 is 38.8 Å². The van der Waals surface area contributed by atoms with Gasteiger partial charge in [0, 0.05) is 17.0 Å². The van der Waals surface area contributed by atoms with Gasteiger partial charge in [-0.05, 0) is 43.3 Å². The lowest BCUT2D eigenvalue weighted by Gasteiger charge is -2.09. The van der Waals surface area contributed by atoms with Crippen LogP contribution in [0.15, 0.2) is 53.4 Å². The number of para-hydroxylation sites is 1. The van der Waals surface area contributed by atoms with Crippen LogP contribution in [0.3, 0.4) is 0 Å². The van der Waals surface area contributed by atoms with Crippen molar-refractivity contribution in [2.24, 2.45) is 0 Å². The van der Waals surface area contributed by atoms with Gasteiger partial charge in [0.2, 0.25) is 5.91 Å². The quantitative estimate of drug-likeness (QED) is 0.796. The average Bonchev–Trinajstić information content (AvgIpc) is 2.54. The molecule has 126 valence electrons. The first-order valence-electron chi connectivity index (χ1n) is 7.18. The van der Waals surface area contributed by atoms with Crippen molar-refractivity contribution in [3.05, 3.63) is 59.1 Å². The third-order valence-electron chi connectivity index (χ3n) is 3.35. The topological polar surface area (TPSA) is 80.3 Å². The molecule has 2 rings (SSSR count). The fourth-order valence-corrected chi connectivity index (χ4v) is 3.47. The van der Waals surface area contributed by atoms with Crippen molar-refractivity contribution in [1.82, 2.24) is 0 Å². The maximum Gasteiger partial charge on any atom is 0.225 e. The summed E-state index contributed by atoms with van der Waals surface area (Å²) >= 11 is 5.73. The molecule has 0 saturated carbocycles. The lowest BCUT2D eigenvalue weighted by atomic mass is 10.1. The second-order valence-electron chi connectivity index (χ2n) is 5.17. The molecular weight excluding hydrogens is 350 g/mol. The Labute approximate surface area is 145 Å². The molecule has 0 saturated heterocycles. The van der Waals surface area contributed by atoms with Gasteiger partial charge < -0.3 is 5.32 Å². The highest BCUT2D eigenvalue weighted by Gasteiger charge is 2.17. The molecule has 0 aliphatic heterocycles. The fraction of sp³-hybridized carbons (Fsp3) is 0.176. The highest BCUT2D eigenvalue weighted by molar-refractivity contribution is 7.91. The number of ketones is 1. The van der Waals surface area contributed by atoms with Gasteiger partial charge in [-0.1, -0.05) is 23.7 Å². The minimum atomic E-state index is -3.58. The van der Waals surface area contributed by atoms with Crippen LogP contribution in [0.25, 0.3) is 0 Å². The Balaban J connectivity index is 2.03. The van der Waals surface area contributed by atoms with E-state index in [0.717, 1.165) is 0 Å². The van der Waals surface area contributed by atoms with Crippen LogP contribution in [0.2, 0.25) is 5.02 Å². The summed E-state index contributed by atoms with van der Waals surface area (Å²) in [4.78, 5) is 23.6. The third kappa shape index (κ3) is 4.66. The Morgan fingerprint density at radius 1 is 1.04 bits per heavy atom. The maximum atomic E-state index is 12.2.